The van der Waals surface area contributed by atoms with Crippen LogP contribution in [0.25, 0.3) is 0 Å². The van der Waals surface area contributed by atoms with Gasteiger partial charge in [0.05, 0.1) is 11.9 Å². The highest BCUT2D eigenvalue weighted by atomic mass is 32.2. The Hall–Kier alpha value is -1.82. The molecule has 1 aliphatic rings. The summed E-state index contributed by atoms with van der Waals surface area (Å²) in [6.07, 6.45) is 9.26. The molecule has 5 nitrogen and oxygen atoms in total. The van der Waals surface area contributed by atoms with Crippen molar-refractivity contribution in [2.24, 2.45) is 0 Å². The molecule has 0 spiro atoms. The number of nitrogens with one attached hydrogen (secondary N) is 1. The number of anilines is 1. The third-order valence-electron chi connectivity index (χ3n) is 4.48. The van der Waals surface area contributed by atoms with E-state index >= 15 is 0 Å². The summed E-state index contributed by atoms with van der Waals surface area (Å²) >= 11 is 0. The number of rotatable bonds is 8. The van der Waals surface area contributed by atoms with Crippen molar-refractivity contribution < 1.29 is 13.2 Å². The summed E-state index contributed by atoms with van der Waals surface area (Å²) in [6, 6.07) is 7.31. The smallest absolute Gasteiger partial charge is 0.232 e. The molecule has 138 valence electrons. The van der Waals surface area contributed by atoms with Gasteiger partial charge in [0.15, 0.2) is 0 Å². The van der Waals surface area contributed by atoms with E-state index in [0.29, 0.717) is 12.2 Å². The van der Waals surface area contributed by atoms with Gasteiger partial charge in [-0.1, -0.05) is 29.8 Å². The zero-order valence-corrected chi connectivity index (χ0v) is 15.9. The van der Waals surface area contributed by atoms with E-state index in [1.807, 2.05) is 19.1 Å². The molecule has 25 heavy (non-hydrogen) atoms. The average molecular weight is 365 g/mol. The topological polar surface area (TPSA) is 66.5 Å². The van der Waals surface area contributed by atoms with Gasteiger partial charge in [0.25, 0.3) is 0 Å². The van der Waals surface area contributed by atoms with Gasteiger partial charge in [-0.3, -0.25) is 9.10 Å². The molecule has 1 aromatic carbocycles. The number of nitrogens with zero attached hydrogens (tertiary/aromatic N) is 1. The normalized spacial score (nSPS) is 14.7. The van der Waals surface area contributed by atoms with E-state index in [9.17, 15) is 13.2 Å². The van der Waals surface area contributed by atoms with Crippen LogP contribution in [0.2, 0.25) is 0 Å². The minimum Gasteiger partial charge on any atom is -0.356 e. The van der Waals surface area contributed by atoms with Crippen molar-refractivity contribution in [3.63, 3.8) is 0 Å². The van der Waals surface area contributed by atoms with Gasteiger partial charge in [0.2, 0.25) is 15.9 Å². The first-order valence-corrected chi connectivity index (χ1v) is 10.7. The van der Waals surface area contributed by atoms with Gasteiger partial charge in [-0.15, -0.1) is 0 Å². The number of para-hydroxylation sites is 1. The van der Waals surface area contributed by atoms with Crippen LogP contribution in [0.5, 0.6) is 0 Å². The van der Waals surface area contributed by atoms with Gasteiger partial charge < -0.3 is 5.32 Å². The Morgan fingerprint density at radius 1 is 1.24 bits per heavy atom. The summed E-state index contributed by atoms with van der Waals surface area (Å²) in [7, 11) is -3.43. The van der Waals surface area contributed by atoms with Crippen LogP contribution < -0.4 is 9.62 Å². The van der Waals surface area contributed by atoms with Crippen molar-refractivity contribution in [1.29, 1.82) is 0 Å². The molecule has 6 heteroatoms. The van der Waals surface area contributed by atoms with Gasteiger partial charge in [0, 0.05) is 19.5 Å². The molecule has 0 aliphatic heterocycles. The highest BCUT2D eigenvalue weighted by Crippen LogP contribution is 2.22. The Balaban J connectivity index is 1.87. The molecule has 1 N–H and O–H groups in total. The fourth-order valence-corrected chi connectivity index (χ4v) is 4.08. The summed E-state index contributed by atoms with van der Waals surface area (Å²) in [5, 5.41) is 2.90. The molecule has 0 heterocycles. The van der Waals surface area contributed by atoms with Crippen LogP contribution in [-0.4, -0.2) is 33.7 Å². The number of allylic oxidation sites excluding steroid dienone is 1. The summed E-state index contributed by atoms with van der Waals surface area (Å²) in [4.78, 5) is 12.1. The summed E-state index contributed by atoms with van der Waals surface area (Å²) in [6.45, 7) is 2.64. The highest BCUT2D eigenvalue weighted by molar-refractivity contribution is 7.92. The van der Waals surface area contributed by atoms with Crippen LogP contribution in [-0.2, 0) is 14.8 Å². The number of sulfonamides is 1. The maximum absolute atomic E-state index is 12.1. The van der Waals surface area contributed by atoms with Gasteiger partial charge in [-0.2, -0.15) is 0 Å². The maximum Gasteiger partial charge on any atom is 0.232 e. The van der Waals surface area contributed by atoms with Gasteiger partial charge in [0.1, 0.15) is 0 Å². The number of benzene rings is 1. The molecule has 1 aliphatic carbocycles. The molecule has 2 rings (SSSR count). The minimum absolute atomic E-state index is 0.112. The summed E-state index contributed by atoms with van der Waals surface area (Å²) in [5.41, 5.74) is 2.92. The standard InChI is InChI=1S/C19H28N2O3S/c1-16-8-6-7-11-18(16)21(25(2,23)24)15-13-19(22)20-14-12-17-9-4-3-5-10-17/h6-9,11H,3-5,10,12-15H2,1-2H3,(H,20,22). The van der Waals surface area contributed by atoms with Gasteiger partial charge in [-0.05, 0) is 50.7 Å². The minimum atomic E-state index is -3.43. The van der Waals surface area contributed by atoms with E-state index in [-0.39, 0.29) is 18.9 Å². The number of hydrogen-bond donors (Lipinski definition) is 1. The first-order valence-electron chi connectivity index (χ1n) is 8.86. The molecule has 0 saturated heterocycles. The van der Waals surface area contributed by atoms with E-state index in [1.165, 1.54) is 29.0 Å². The Morgan fingerprint density at radius 3 is 2.64 bits per heavy atom. The predicted octanol–water partition coefficient (Wildman–Crippen LogP) is 3.16. The Bertz CT molecular complexity index is 726. The van der Waals surface area contributed by atoms with Crippen molar-refractivity contribution in [2.45, 2.75) is 45.4 Å². The molecule has 0 atom stereocenters. The maximum atomic E-state index is 12.1. The van der Waals surface area contributed by atoms with Gasteiger partial charge >= 0.3 is 0 Å². The third-order valence-corrected chi connectivity index (χ3v) is 5.66. The molecule has 0 unspecified atom stereocenters. The second-order valence-electron chi connectivity index (χ2n) is 6.58. The summed E-state index contributed by atoms with van der Waals surface area (Å²) in [5.74, 6) is -0.112. The Morgan fingerprint density at radius 2 is 2.00 bits per heavy atom. The number of hydrogen-bond acceptors (Lipinski definition) is 3. The van der Waals surface area contributed by atoms with E-state index in [4.69, 9.17) is 0 Å². The summed E-state index contributed by atoms with van der Waals surface area (Å²) < 4.78 is 25.5. The zero-order chi connectivity index (χ0) is 18.3. The lowest BCUT2D eigenvalue weighted by atomic mass is 9.97. The lowest BCUT2D eigenvalue weighted by Crippen LogP contribution is -2.35. The molecule has 0 bridgehead atoms. The monoisotopic (exact) mass is 364 g/mol. The molecule has 1 aromatic rings. The van der Waals surface area contributed by atoms with Crippen LogP contribution in [0, 0.1) is 6.92 Å². The third kappa shape index (κ3) is 6.20. The SMILES string of the molecule is Cc1ccccc1N(CCC(=O)NCCC1=CCCCC1)S(C)(=O)=O. The Kier molecular flexibility index (Phi) is 7.05. The number of carbonyl (C=O) groups is 1. The molecular weight excluding hydrogens is 336 g/mol. The van der Waals surface area contributed by atoms with Crippen LogP contribution in [0.4, 0.5) is 5.69 Å². The second-order valence-corrected chi connectivity index (χ2v) is 8.49. The average Bonchev–Trinajstić information content (AvgIpc) is 2.56. The molecule has 0 aromatic heterocycles. The number of aryl methyl sites for hydroxylation is 1. The highest BCUT2D eigenvalue weighted by Gasteiger charge is 2.19. The van der Waals surface area contributed by atoms with Crippen molar-refractivity contribution in [2.75, 3.05) is 23.7 Å². The first-order chi connectivity index (χ1) is 11.9. The lowest BCUT2D eigenvalue weighted by molar-refractivity contribution is -0.120. The molecule has 0 saturated carbocycles. The fourth-order valence-electron chi connectivity index (χ4n) is 3.09. The quantitative estimate of drug-likeness (QED) is 0.721. The van der Waals surface area contributed by atoms with Crippen LogP contribution in [0.1, 0.15) is 44.1 Å². The van der Waals surface area contributed by atoms with Crippen molar-refractivity contribution in [1.82, 2.24) is 5.32 Å². The van der Waals surface area contributed by atoms with Crippen LogP contribution in [0.3, 0.4) is 0 Å². The van der Waals surface area contributed by atoms with E-state index in [1.54, 1.807) is 12.1 Å². The molecular formula is C19H28N2O3S. The fraction of sp³-hybridized carbons (Fsp3) is 0.526. The van der Waals surface area contributed by atoms with E-state index in [0.717, 1.165) is 24.8 Å². The predicted molar refractivity (Wildman–Crippen MR) is 102 cm³/mol. The van der Waals surface area contributed by atoms with Gasteiger partial charge in [-0.25, -0.2) is 8.42 Å². The molecule has 0 radical (unpaired) electrons. The van der Waals surface area contributed by atoms with Crippen LogP contribution >= 0.6 is 0 Å². The lowest BCUT2D eigenvalue weighted by Gasteiger charge is -2.24. The van der Waals surface area contributed by atoms with Crippen LogP contribution in [0.15, 0.2) is 35.9 Å². The molecule has 0 fully saturated rings. The van der Waals surface area contributed by atoms with E-state index < -0.39 is 10.0 Å². The first kappa shape index (κ1) is 19.5. The van der Waals surface area contributed by atoms with Crippen molar-refractivity contribution in [3.8, 4) is 0 Å². The van der Waals surface area contributed by atoms with Crippen molar-refractivity contribution in [3.05, 3.63) is 41.5 Å². The second kappa shape index (κ2) is 9.04. The number of amides is 1. The molecule has 1 amide bonds. The number of carbonyl (C=O) groups excluding carboxylic acids is 1. The van der Waals surface area contributed by atoms with E-state index in [2.05, 4.69) is 11.4 Å². The largest absolute Gasteiger partial charge is 0.356 e. The zero-order valence-electron chi connectivity index (χ0n) is 15.1. The van der Waals surface area contributed by atoms with Crippen molar-refractivity contribution >= 4 is 21.6 Å². The Labute approximate surface area is 151 Å².